The molecule has 0 saturated carbocycles. The highest BCUT2D eigenvalue weighted by molar-refractivity contribution is 5.79. The minimum absolute atomic E-state index is 0.0680. The summed E-state index contributed by atoms with van der Waals surface area (Å²) in [6, 6.07) is 4.69. The van der Waals surface area contributed by atoms with Crippen LogP contribution >= 0.6 is 0 Å². The molecule has 2 rings (SSSR count). The van der Waals surface area contributed by atoms with Crippen LogP contribution in [0.2, 0.25) is 0 Å². The number of carbonyl (C=O) groups excluding carboxylic acids is 2. The molecule has 1 aliphatic heterocycles. The number of methoxy groups -OCH3 is 1. The SMILES string of the molecule is COc1cc(CN2CCN(C(C)=O)CC(C(N)=O)C2)ccc1F. The Morgan fingerprint density at radius 1 is 1.35 bits per heavy atom. The van der Waals surface area contributed by atoms with Crippen LogP contribution in [0.3, 0.4) is 0 Å². The largest absolute Gasteiger partial charge is 0.494 e. The Kier molecular flexibility index (Phi) is 5.54. The summed E-state index contributed by atoms with van der Waals surface area (Å²) >= 11 is 0. The van der Waals surface area contributed by atoms with Gasteiger partial charge < -0.3 is 15.4 Å². The van der Waals surface area contributed by atoms with Gasteiger partial charge in [-0.2, -0.15) is 0 Å². The van der Waals surface area contributed by atoms with Crippen LogP contribution in [0.1, 0.15) is 12.5 Å². The second-order valence-electron chi connectivity index (χ2n) is 5.77. The van der Waals surface area contributed by atoms with E-state index in [0.717, 1.165) is 5.56 Å². The smallest absolute Gasteiger partial charge is 0.223 e. The highest BCUT2D eigenvalue weighted by Crippen LogP contribution is 2.20. The number of amides is 2. The molecule has 1 aliphatic rings. The van der Waals surface area contributed by atoms with E-state index in [2.05, 4.69) is 0 Å². The van der Waals surface area contributed by atoms with E-state index in [1.54, 1.807) is 17.0 Å². The Labute approximate surface area is 135 Å². The van der Waals surface area contributed by atoms with E-state index in [0.29, 0.717) is 32.7 Å². The number of nitrogens with zero attached hydrogens (tertiary/aromatic N) is 2. The van der Waals surface area contributed by atoms with Gasteiger partial charge in [-0.05, 0) is 17.7 Å². The van der Waals surface area contributed by atoms with Gasteiger partial charge in [0, 0.05) is 39.6 Å². The van der Waals surface area contributed by atoms with Crippen LogP contribution in [0.4, 0.5) is 4.39 Å². The fraction of sp³-hybridized carbons (Fsp3) is 0.500. The lowest BCUT2D eigenvalue weighted by Gasteiger charge is -2.22. The monoisotopic (exact) mass is 323 g/mol. The Bertz CT molecular complexity index is 594. The molecule has 126 valence electrons. The number of ether oxygens (including phenoxy) is 1. The number of nitrogens with two attached hydrogens (primary N) is 1. The first-order valence-electron chi connectivity index (χ1n) is 7.50. The Balaban J connectivity index is 2.12. The number of hydrogen-bond acceptors (Lipinski definition) is 4. The van der Waals surface area contributed by atoms with Gasteiger partial charge in [0.15, 0.2) is 11.6 Å². The quantitative estimate of drug-likeness (QED) is 0.880. The zero-order chi connectivity index (χ0) is 17.0. The zero-order valence-corrected chi connectivity index (χ0v) is 13.4. The summed E-state index contributed by atoms with van der Waals surface area (Å²) in [5.74, 6) is -1.12. The topological polar surface area (TPSA) is 75.9 Å². The maximum atomic E-state index is 13.5. The van der Waals surface area contributed by atoms with Gasteiger partial charge in [-0.25, -0.2) is 4.39 Å². The van der Waals surface area contributed by atoms with Gasteiger partial charge in [-0.1, -0.05) is 6.07 Å². The molecule has 0 radical (unpaired) electrons. The van der Waals surface area contributed by atoms with Gasteiger partial charge in [0.25, 0.3) is 0 Å². The summed E-state index contributed by atoms with van der Waals surface area (Å²) in [4.78, 5) is 26.9. The summed E-state index contributed by atoms with van der Waals surface area (Å²) in [5, 5.41) is 0. The molecule has 1 heterocycles. The van der Waals surface area contributed by atoms with Crippen LogP contribution in [-0.2, 0) is 16.1 Å². The van der Waals surface area contributed by atoms with Crippen molar-refractivity contribution in [3.63, 3.8) is 0 Å². The van der Waals surface area contributed by atoms with Crippen LogP contribution < -0.4 is 10.5 Å². The fourth-order valence-electron chi connectivity index (χ4n) is 2.75. The molecule has 1 saturated heterocycles. The van der Waals surface area contributed by atoms with Crippen molar-refractivity contribution in [2.75, 3.05) is 33.3 Å². The van der Waals surface area contributed by atoms with Gasteiger partial charge in [0.05, 0.1) is 13.0 Å². The molecule has 23 heavy (non-hydrogen) atoms. The number of rotatable bonds is 4. The molecule has 6 nitrogen and oxygen atoms in total. The molecular formula is C16H22FN3O3. The maximum Gasteiger partial charge on any atom is 0.223 e. The van der Waals surface area contributed by atoms with Crippen molar-refractivity contribution in [1.29, 1.82) is 0 Å². The van der Waals surface area contributed by atoms with Crippen LogP contribution in [0.5, 0.6) is 5.75 Å². The molecule has 1 atom stereocenters. The average molecular weight is 323 g/mol. The van der Waals surface area contributed by atoms with Crippen LogP contribution in [-0.4, -0.2) is 54.9 Å². The summed E-state index contributed by atoms with van der Waals surface area (Å²) in [6.07, 6.45) is 0. The van der Waals surface area contributed by atoms with Crippen LogP contribution in [0, 0.1) is 11.7 Å². The predicted octanol–water partition coefficient (Wildman–Crippen LogP) is 0.600. The van der Waals surface area contributed by atoms with E-state index in [9.17, 15) is 14.0 Å². The van der Waals surface area contributed by atoms with E-state index in [1.807, 2.05) is 4.90 Å². The van der Waals surface area contributed by atoms with Crippen LogP contribution in [0.25, 0.3) is 0 Å². The fourth-order valence-corrected chi connectivity index (χ4v) is 2.75. The highest BCUT2D eigenvalue weighted by atomic mass is 19.1. The molecule has 7 heteroatoms. The summed E-state index contributed by atoms with van der Waals surface area (Å²) in [6.45, 7) is 4.00. The number of hydrogen-bond donors (Lipinski definition) is 1. The van der Waals surface area contributed by atoms with Gasteiger partial charge in [0.2, 0.25) is 11.8 Å². The van der Waals surface area contributed by atoms with Gasteiger partial charge in [0.1, 0.15) is 0 Å². The zero-order valence-electron chi connectivity index (χ0n) is 13.4. The van der Waals surface area contributed by atoms with Crippen molar-refractivity contribution in [3.8, 4) is 5.75 Å². The predicted molar refractivity (Wildman–Crippen MR) is 83.2 cm³/mol. The molecule has 1 fully saturated rings. The van der Waals surface area contributed by atoms with Crippen LogP contribution in [0.15, 0.2) is 18.2 Å². The van der Waals surface area contributed by atoms with Crippen molar-refractivity contribution in [2.45, 2.75) is 13.5 Å². The van der Waals surface area contributed by atoms with Crippen molar-refractivity contribution in [2.24, 2.45) is 11.7 Å². The number of benzene rings is 1. The second-order valence-corrected chi connectivity index (χ2v) is 5.77. The highest BCUT2D eigenvalue weighted by Gasteiger charge is 2.27. The van der Waals surface area contributed by atoms with Gasteiger partial charge in [-0.15, -0.1) is 0 Å². The van der Waals surface area contributed by atoms with E-state index in [4.69, 9.17) is 10.5 Å². The first-order chi connectivity index (χ1) is 10.9. The molecule has 2 N–H and O–H groups in total. The molecule has 0 bridgehead atoms. The summed E-state index contributed by atoms with van der Waals surface area (Å²) < 4.78 is 18.5. The van der Waals surface area contributed by atoms with Gasteiger partial charge >= 0.3 is 0 Å². The standard InChI is InChI=1S/C16H22FN3O3/c1-11(21)20-6-5-19(9-13(10-20)16(18)22)8-12-3-4-14(17)15(7-12)23-2/h3-4,7,13H,5-6,8-10H2,1-2H3,(H2,18,22). The van der Waals surface area contributed by atoms with Crippen molar-refractivity contribution >= 4 is 11.8 Å². The lowest BCUT2D eigenvalue weighted by Crippen LogP contribution is -2.39. The summed E-state index contributed by atoms with van der Waals surface area (Å²) in [7, 11) is 1.42. The Morgan fingerprint density at radius 3 is 2.70 bits per heavy atom. The molecule has 0 spiro atoms. The normalized spacial score (nSPS) is 19.3. The van der Waals surface area contributed by atoms with Crippen molar-refractivity contribution < 1.29 is 18.7 Å². The average Bonchev–Trinajstić information content (AvgIpc) is 2.72. The Hall–Kier alpha value is -2.15. The molecular weight excluding hydrogens is 301 g/mol. The lowest BCUT2D eigenvalue weighted by molar-refractivity contribution is -0.130. The number of primary amides is 1. The molecule has 1 unspecified atom stereocenters. The molecule has 1 aromatic rings. The maximum absolute atomic E-state index is 13.5. The third-order valence-electron chi connectivity index (χ3n) is 4.07. The third-order valence-corrected chi connectivity index (χ3v) is 4.07. The first-order valence-corrected chi connectivity index (χ1v) is 7.50. The van der Waals surface area contributed by atoms with Gasteiger partial charge in [-0.3, -0.25) is 14.5 Å². The minimum atomic E-state index is -0.417. The number of halogens is 1. The summed E-state index contributed by atoms with van der Waals surface area (Å²) in [5.41, 5.74) is 6.32. The van der Waals surface area contributed by atoms with Crippen molar-refractivity contribution in [1.82, 2.24) is 9.80 Å². The molecule has 0 aromatic heterocycles. The molecule has 1 aromatic carbocycles. The lowest BCUT2D eigenvalue weighted by atomic mass is 10.1. The first kappa shape index (κ1) is 17.2. The van der Waals surface area contributed by atoms with E-state index < -0.39 is 17.6 Å². The molecule has 0 aliphatic carbocycles. The number of carbonyl (C=O) groups is 2. The Morgan fingerprint density at radius 2 is 2.09 bits per heavy atom. The van der Waals surface area contributed by atoms with Crippen molar-refractivity contribution in [3.05, 3.63) is 29.6 Å². The minimum Gasteiger partial charge on any atom is -0.494 e. The van der Waals surface area contributed by atoms with E-state index in [1.165, 1.54) is 20.1 Å². The second kappa shape index (κ2) is 7.41. The van der Waals surface area contributed by atoms with E-state index >= 15 is 0 Å². The molecule has 2 amide bonds. The third kappa shape index (κ3) is 4.41. The van der Waals surface area contributed by atoms with E-state index in [-0.39, 0.29) is 11.7 Å².